The Morgan fingerprint density at radius 2 is 2.07 bits per heavy atom. The smallest absolute Gasteiger partial charge is 0.330 e. The van der Waals surface area contributed by atoms with E-state index in [9.17, 15) is 9.59 Å². The highest BCUT2D eigenvalue weighted by atomic mass is 16.5. The number of carbonyl (C=O) groups is 1. The van der Waals surface area contributed by atoms with Gasteiger partial charge in [-0.15, -0.1) is 0 Å². The molecule has 1 aliphatic rings. The molecule has 0 radical (unpaired) electrons. The zero-order chi connectivity index (χ0) is 20.5. The number of fused-ring (bicyclic) bond motifs is 1. The van der Waals surface area contributed by atoms with Crippen molar-refractivity contribution in [2.24, 2.45) is 7.05 Å². The molecule has 1 amide bonds. The number of nitrogens with zero attached hydrogens (tertiary/aromatic N) is 4. The number of carbonyl (C=O) groups excluding carboxylic acids is 1. The average Bonchev–Trinajstić information content (AvgIpc) is 3.32. The Hall–Kier alpha value is -3.29. The van der Waals surface area contributed by atoms with Crippen LogP contribution in [0.4, 0.5) is 0 Å². The molecule has 0 aliphatic carbocycles. The molecule has 29 heavy (non-hydrogen) atoms. The van der Waals surface area contributed by atoms with E-state index in [1.165, 1.54) is 0 Å². The van der Waals surface area contributed by atoms with Crippen molar-refractivity contribution in [3.63, 3.8) is 0 Å². The number of amides is 1. The number of benzene rings is 1. The van der Waals surface area contributed by atoms with Crippen LogP contribution < -0.4 is 15.2 Å². The van der Waals surface area contributed by atoms with Gasteiger partial charge in [-0.2, -0.15) is 0 Å². The van der Waals surface area contributed by atoms with Gasteiger partial charge in [0.05, 0.1) is 32.2 Å². The molecule has 1 saturated heterocycles. The van der Waals surface area contributed by atoms with Crippen LogP contribution >= 0.6 is 0 Å². The number of likely N-dealkylation sites (tertiary alicyclic amines) is 1. The average molecular weight is 396 g/mol. The highest BCUT2D eigenvalue weighted by Gasteiger charge is 2.30. The van der Waals surface area contributed by atoms with E-state index in [0.29, 0.717) is 30.2 Å². The van der Waals surface area contributed by atoms with Gasteiger partial charge in [-0.1, -0.05) is 0 Å². The van der Waals surface area contributed by atoms with Crippen LogP contribution in [-0.4, -0.2) is 52.2 Å². The summed E-state index contributed by atoms with van der Waals surface area (Å²) in [6.45, 7) is 1.09. The maximum atomic E-state index is 12.9. The minimum Gasteiger partial charge on any atom is -0.497 e. The van der Waals surface area contributed by atoms with Gasteiger partial charge in [0.25, 0.3) is 0 Å². The third-order valence-electron chi connectivity index (χ3n) is 5.56. The molecular formula is C21H24N4O4. The van der Waals surface area contributed by atoms with E-state index >= 15 is 0 Å². The molecule has 152 valence electrons. The van der Waals surface area contributed by atoms with Gasteiger partial charge in [0, 0.05) is 31.9 Å². The molecule has 0 saturated carbocycles. The Kier molecular flexibility index (Phi) is 5.00. The molecule has 0 N–H and O–H groups in total. The fourth-order valence-corrected chi connectivity index (χ4v) is 3.99. The Labute approximate surface area is 168 Å². The second kappa shape index (κ2) is 7.62. The fraction of sp³-hybridized carbons (Fsp3) is 0.381. The molecule has 8 heteroatoms. The van der Waals surface area contributed by atoms with E-state index in [1.807, 2.05) is 18.2 Å². The second-order valence-electron chi connectivity index (χ2n) is 7.19. The third-order valence-corrected chi connectivity index (χ3v) is 5.56. The maximum absolute atomic E-state index is 12.9. The van der Waals surface area contributed by atoms with E-state index in [4.69, 9.17) is 9.47 Å². The molecule has 0 bridgehead atoms. The first-order valence-corrected chi connectivity index (χ1v) is 9.54. The third kappa shape index (κ3) is 3.35. The summed E-state index contributed by atoms with van der Waals surface area (Å²) < 4.78 is 14.0. The Morgan fingerprint density at radius 1 is 1.24 bits per heavy atom. The van der Waals surface area contributed by atoms with Gasteiger partial charge in [0.15, 0.2) is 5.65 Å². The van der Waals surface area contributed by atoms with E-state index in [1.54, 1.807) is 53.6 Å². The summed E-state index contributed by atoms with van der Waals surface area (Å²) in [5, 5.41) is 0. The van der Waals surface area contributed by atoms with Gasteiger partial charge >= 0.3 is 5.69 Å². The predicted molar refractivity (Wildman–Crippen MR) is 108 cm³/mol. The summed E-state index contributed by atoms with van der Waals surface area (Å²) in [6.07, 6.45) is 2.62. The predicted octanol–water partition coefficient (Wildman–Crippen LogP) is 1.77. The van der Waals surface area contributed by atoms with Crippen molar-refractivity contribution in [1.29, 1.82) is 0 Å². The fourth-order valence-electron chi connectivity index (χ4n) is 3.99. The molecule has 0 spiro atoms. The molecule has 1 aromatic carbocycles. The highest BCUT2D eigenvalue weighted by molar-refractivity contribution is 5.80. The Morgan fingerprint density at radius 3 is 2.83 bits per heavy atom. The van der Waals surface area contributed by atoms with Crippen LogP contribution in [0, 0.1) is 0 Å². The molecular weight excluding hydrogens is 372 g/mol. The Bertz CT molecular complexity index is 1120. The molecule has 3 heterocycles. The van der Waals surface area contributed by atoms with Gasteiger partial charge in [0.1, 0.15) is 11.5 Å². The van der Waals surface area contributed by atoms with Gasteiger partial charge < -0.3 is 14.4 Å². The number of rotatable bonds is 5. The lowest BCUT2D eigenvalue weighted by Gasteiger charge is -2.18. The first-order valence-electron chi connectivity index (χ1n) is 9.54. The number of ether oxygens (including phenoxy) is 2. The molecule has 8 nitrogen and oxygen atoms in total. The molecule has 4 rings (SSSR count). The summed E-state index contributed by atoms with van der Waals surface area (Å²) in [5.74, 6) is 1.34. The van der Waals surface area contributed by atoms with Crippen LogP contribution in [-0.2, 0) is 18.3 Å². The standard InChI is InChI=1S/C21H24N4O4/c1-23-17-5-4-9-22-20(17)25(21(23)27)15-8-10-24(13-15)19(26)12-14-11-16(28-2)6-7-18(14)29-3/h4-7,9,11,15H,8,10,12-13H2,1-3H3/t15-/m1/s1. The van der Waals surface area contributed by atoms with Crippen LogP contribution in [0.2, 0.25) is 0 Å². The normalized spacial score (nSPS) is 16.4. The van der Waals surface area contributed by atoms with Gasteiger partial charge in [-0.3, -0.25) is 13.9 Å². The zero-order valence-electron chi connectivity index (χ0n) is 16.8. The van der Waals surface area contributed by atoms with Crippen LogP contribution in [0.3, 0.4) is 0 Å². The van der Waals surface area contributed by atoms with Gasteiger partial charge in [-0.05, 0) is 36.8 Å². The molecule has 1 aliphatic heterocycles. The SMILES string of the molecule is COc1ccc(OC)c(CC(=O)N2CC[C@@H](n3c(=O)n(C)c4cccnc43)C2)c1. The number of pyridine rings is 1. The topological polar surface area (TPSA) is 78.6 Å². The molecule has 1 atom stereocenters. The Balaban J connectivity index is 1.55. The van der Waals surface area contributed by atoms with Crippen molar-refractivity contribution in [1.82, 2.24) is 19.0 Å². The minimum absolute atomic E-state index is 0.000276. The van der Waals surface area contributed by atoms with E-state index in [-0.39, 0.29) is 24.1 Å². The molecule has 2 aromatic heterocycles. The zero-order valence-corrected chi connectivity index (χ0v) is 16.8. The first kappa shape index (κ1) is 19.0. The number of hydrogen-bond acceptors (Lipinski definition) is 5. The maximum Gasteiger partial charge on any atom is 0.330 e. The largest absolute Gasteiger partial charge is 0.497 e. The molecule has 1 fully saturated rings. The monoisotopic (exact) mass is 396 g/mol. The molecule has 3 aromatic rings. The van der Waals surface area contributed by atoms with Crippen molar-refractivity contribution in [3.05, 3.63) is 52.6 Å². The van der Waals surface area contributed by atoms with E-state index in [2.05, 4.69) is 4.98 Å². The summed E-state index contributed by atoms with van der Waals surface area (Å²) in [7, 11) is 4.92. The van der Waals surface area contributed by atoms with Crippen molar-refractivity contribution in [2.45, 2.75) is 18.9 Å². The van der Waals surface area contributed by atoms with Crippen LogP contribution in [0.1, 0.15) is 18.0 Å². The van der Waals surface area contributed by atoms with Crippen molar-refractivity contribution < 1.29 is 14.3 Å². The first-order chi connectivity index (χ1) is 14.0. The van der Waals surface area contributed by atoms with Crippen LogP contribution in [0.15, 0.2) is 41.3 Å². The highest BCUT2D eigenvalue weighted by Crippen LogP contribution is 2.27. The van der Waals surface area contributed by atoms with Crippen molar-refractivity contribution >= 4 is 17.1 Å². The summed E-state index contributed by atoms with van der Waals surface area (Å²) in [4.78, 5) is 31.9. The van der Waals surface area contributed by atoms with Gasteiger partial charge in [0.2, 0.25) is 5.91 Å². The van der Waals surface area contributed by atoms with E-state index < -0.39 is 0 Å². The number of aromatic nitrogens is 3. The summed E-state index contributed by atoms with van der Waals surface area (Å²) in [5.41, 5.74) is 2.13. The number of methoxy groups -OCH3 is 2. The number of aryl methyl sites for hydroxylation is 1. The van der Waals surface area contributed by atoms with Gasteiger partial charge in [-0.25, -0.2) is 9.78 Å². The quantitative estimate of drug-likeness (QED) is 0.657. The van der Waals surface area contributed by atoms with Crippen molar-refractivity contribution in [2.75, 3.05) is 27.3 Å². The van der Waals surface area contributed by atoms with E-state index in [0.717, 1.165) is 17.5 Å². The second-order valence-corrected chi connectivity index (χ2v) is 7.19. The lowest BCUT2D eigenvalue weighted by molar-refractivity contribution is -0.129. The van der Waals surface area contributed by atoms with Crippen LogP contribution in [0.25, 0.3) is 11.2 Å². The van der Waals surface area contributed by atoms with Crippen LogP contribution in [0.5, 0.6) is 11.5 Å². The number of hydrogen-bond donors (Lipinski definition) is 0. The number of imidazole rings is 1. The summed E-state index contributed by atoms with van der Waals surface area (Å²) in [6, 6.07) is 9.04. The lowest BCUT2D eigenvalue weighted by atomic mass is 10.1. The summed E-state index contributed by atoms with van der Waals surface area (Å²) >= 11 is 0. The lowest BCUT2D eigenvalue weighted by Crippen LogP contribution is -2.32. The molecule has 0 unspecified atom stereocenters. The minimum atomic E-state index is -0.104. The van der Waals surface area contributed by atoms with Crippen molar-refractivity contribution in [3.8, 4) is 11.5 Å².